The lowest BCUT2D eigenvalue weighted by Crippen LogP contribution is -2.22. The molecule has 0 aliphatic carbocycles. The molecule has 37 heavy (non-hydrogen) atoms. The van der Waals surface area contributed by atoms with Crippen molar-refractivity contribution in [2.45, 2.75) is 170 Å². The second-order valence-corrected chi connectivity index (χ2v) is 13.4. The summed E-state index contributed by atoms with van der Waals surface area (Å²) in [7, 11) is -3.92. The molecule has 0 heterocycles. The molecule has 4 unspecified atom stereocenters. The van der Waals surface area contributed by atoms with E-state index in [0.29, 0.717) is 11.8 Å². The molecule has 4 nitrogen and oxygen atoms in total. The predicted octanol–water partition coefficient (Wildman–Crippen LogP) is 10.7. The zero-order valence-corrected chi connectivity index (χ0v) is 26.7. The van der Waals surface area contributed by atoms with Gasteiger partial charge in [0.05, 0.1) is 13.2 Å². The number of hydrogen-bond acceptors (Lipinski definition) is 4. The van der Waals surface area contributed by atoms with E-state index in [9.17, 15) is 8.42 Å². The SMILES string of the molecule is CCCCCCCCCCCC(C)C(C)COS(=O)(=O)OCC(C)C(C)CCCCCCCCCCC. The van der Waals surface area contributed by atoms with Crippen LogP contribution in [0.3, 0.4) is 0 Å². The van der Waals surface area contributed by atoms with Gasteiger partial charge in [0.2, 0.25) is 0 Å². The Morgan fingerprint density at radius 1 is 0.432 bits per heavy atom. The van der Waals surface area contributed by atoms with Crippen molar-refractivity contribution in [3.05, 3.63) is 0 Å². The fourth-order valence-corrected chi connectivity index (χ4v) is 5.70. The zero-order chi connectivity index (χ0) is 27.8. The van der Waals surface area contributed by atoms with Crippen molar-refractivity contribution in [1.29, 1.82) is 0 Å². The molecule has 0 aliphatic rings. The van der Waals surface area contributed by atoms with E-state index in [1.165, 1.54) is 116 Å². The smallest absolute Gasteiger partial charge is 0.248 e. The first-order chi connectivity index (χ1) is 17.7. The average Bonchev–Trinajstić information content (AvgIpc) is 2.88. The van der Waals surface area contributed by atoms with Crippen LogP contribution in [-0.4, -0.2) is 21.6 Å². The average molecular weight is 547 g/mol. The summed E-state index contributed by atoms with van der Waals surface area (Å²) in [5, 5.41) is 0. The van der Waals surface area contributed by atoms with Gasteiger partial charge in [0.15, 0.2) is 0 Å². The lowest BCUT2D eigenvalue weighted by Gasteiger charge is -2.21. The van der Waals surface area contributed by atoms with E-state index in [2.05, 4.69) is 41.5 Å². The fraction of sp³-hybridized carbons (Fsp3) is 1.00. The molecular weight excluding hydrogens is 480 g/mol. The van der Waals surface area contributed by atoms with E-state index in [4.69, 9.17) is 8.37 Å². The second kappa shape index (κ2) is 24.9. The van der Waals surface area contributed by atoms with Crippen molar-refractivity contribution in [3.8, 4) is 0 Å². The van der Waals surface area contributed by atoms with Crippen LogP contribution in [0.2, 0.25) is 0 Å². The third-order valence-electron chi connectivity index (χ3n) is 8.42. The highest BCUT2D eigenvalue weighted by Crippen LogP contribution is 2.23. The minimum Gasteiger partial charge on any atom is -0.248 e. The van der Waals surface area contributed by atoms with Crippen LogP contribution < -0.4 is 0 Å². The van der Waals surface area contributed by atoms with Gasteiger partial charge in [-0.15, -0.1) is 0 Å². The van der Waals surface area contributed by atoms with Gasteiger partial charge in [0, 0.05) is 0 Å². The molecule has 0 saturated heterocycles. The van der Waals surface area contributed by atoms with Crippen LogP contribution in [-0.2, 0) is 18.8 Å². The highest BCUT2D eigenvalue weighted by molar-refractivity contribution is 7.81. The maximum atomic E-state index is 12.3. The highest BCUT2D eigenvalue weighted by atomic mass is 32.3. The van der Waals surface area contributed by atoms with Crippen molar-refractivity contribution in [1.82, 2.24) is 0 Å². The van der Waals surface area contributed by atoms with Crippen molar-refractivity contribution in [2.75, 3.05) is 13.2 Å². The first-order valence-corrected chi connectivity index (χ1v) is 17.6. The highest BCUT2D eigenvalue weighted by Gasteiger charge is 2.21. The van der Waals surface area contributed by atoms with E-state index in [1.54, 1.807) is 0 Å². The Bertz CT molecular complexity index is 533. The van der Waals surface area contributed by atoms with E-state index in [1.807, 2.05) is 0 Å². The van der Waals surface area contributed by atoms with Crippen LogP contribution in [0.15, 0.2) is 0 Å². The molecule has 224 valence electrons. The van der Waals surface area contributed by atoms with Gasteiger partial charge in [-0.3, -0.25) is 0 Å². The standard InChI is InChI=1S/C32H66O4S/c1-7-9-11-13-15-17-19-21-23-25-29(3)31(5)27-35-37(33,34)36-28-32(6)30(4)26-24-22-20-18-16-14-12-10-8-2/h29-32H,7-28H2,1-6H3. The summed E-state index contributed by atoms with van der Waals surface area (Å²) >= 11 is 0. The maximum Gasteiger partial charge on any atom is 0.399 e. The molecule has 0 aromatic heterocycles. The van der Waals surface area contributed by atoms with Crippen LogP contribution in [0.5, 0.6) is 0 Å². The normalized spacial score (nSPS) is 15.5. The van der Waals surface area contributed by atoms with Gasteiger partial charge >= 0.3 is 10.4 Å². The Morgan fingerprint density at radius 2 is 0.703 bits per heavy atom. The third kappa shape index (κ3) is 23.5. The summed E-state index contributed by atoms with van der Waals surface area (Å²) < 4.78 is 35.1. The summed E-state index contributed by atoms with van der Waals surface area (Å²) in [6.07, 6.45) is 26.2. The lowest BCUT2D eigenvalue weighted by molar-refractivity contribution is 0.145. The molecule has 0 bridgehead atoms. The van der Waals surface area contributed by atoms with Crippen molar-refractivity contribution < 1.29 is 16.8 Å². The number of rotatable bonds is 28. The Hall–Kier alpha value is -0.130. The van der Waals surface area contributed by atoms with Crippen molar-refractivity contribution in [2.24, 2.45) is 23.7 Å². The van der Waals surface area contributed by atoms with Gasteiger partial charge in [-0.1, -0.05) is 170 Å². The third-order valence-corrected chi connectivity index (χ3v) is 9.27. The Labute approximate surface area is 233 Å². The van der Waals surface area contributed by atoms with Gasteiger partial charge < -0.3 is 0 Å². The fourth-order valence-electron chi connectivity index (χ4n) is 4.87. The quantitative estimate of drug-likeness (QED) is 0.0916. The maximum absolute atomic E-state index is 12.3. The minimum atomic E-state index is -3.92. The molecule has 0 spiro atoms. The summed E-state index contributed by atoms with van der Waals surface area (Å²) in [6.45, 7) is 13.5. The number of unbranched alkanes of at least 4 members (excludes halogenated alkanes) is 16. The van der Waals surface area contributed by atoms with Crippen LogP contribution >= 0.6 is 0 Å². The van der Waals surface area contributed by atoms with Gasteiger partial charge in [0.1, 0.15) is 0 Å². The first kappa shape index (κ1) is 36.9. The van der Waals surface area contributed by atoms with Crippen LogP contribution in [0.25, 0.3) is 0 Å². The first-order valence-electron chi connectivity index (χ1n) is 16.3. The zero-order valence-electron chi connectivity index (χ0n) is 25.9. The molecule has 0 N–H and O–H groups in total. The molecule has 4 atom stereocenters. The molecule has 0 aromatic rings. The predicted molar refractivity (Wildman–Crippen MR) is 161 cm³/mol. The van der Waals surface area contributed by atoms with Crippen molar-refractivity contribution >= 4 is 10.4 Å². The van der Waals surface area contributed by atoms with E-state index in [0.717, 1.165) is 12.8 Å². The van der Waals surface area contributed by atoms with Gasteiger partial charge in [-0.25, -0.2) is 8.37 Å². The molecule has 0 aliphatic heterocycles. The Morgan fingerprint density at radius 3 is 1.00 bits per heavy atom. The summed E-state index contributed by atoms with van der Waals surface area (Å²) in [5.41, 5.74) is 0. The van der Waals surface area contributed by atoms with Crippen LogP contribution in [0.1, 0.15) is 170 Å². The van der Waals surface area contributed by atoms with Crippen LogP contribution in [0, 0.1) is 23.7 Å². The molecule has 0 amide bonds. The van der Waals surface area contributed by atoms with Crippen molar-refractivity contribution in [3.63, 3.8) is 0 Å². The largest absolute Gasteiger partial charge is 0.399 e. The van der Waals surface area contributed by atoms with Gasteiger partial charge in [-0.2, -0.15) is 8.42 Å². The Kier molecular flexibility index (Phi) is 24.8. The lowest BCUT2D eigenvalue weighted by atomic mass is 9.91. The molecule has 0 fully saturated rings. The Balaban J connectivity index is 3.87. The molecule has 0 aromatic carbocycles. The van der Waals surface area contributed by atoms with Gasteiger partial charge in [-0.05, 0) is 23.7 Å². The minimum absolute atomic E-state index is 0.204. The van der Waals surface area contributed by atoms with Gasteiger partial charge in [0.25, 0.3) is 0 Å². The molecule has 5 heteroatoms. The van der Waals surface area contributed by atoms with E-state index < -0.39 is 10.4 Å². The summed E-state index contributed by atoms with van der Waals surface area (Å²) in [6, 6.07) is 0. The number of hydrogen-bond donors (Lipinski definition) is 0. The van der Waals surface area contributed by atoms with E-state index >= 15 is 0 Å². The van der Waals surface area contributed by atoms with Crippen LogP contribution in [0.4, 0.5) is 0 Å². The summed E-state index contributed by atoms with van der Waals surface area (Å²) in [5.74, 6) is 1.32. The summed E-state index contributed by atoms with van der Waals surface area (Å²) in [4.78, 5) is 0. The molecule has 0 rings (SSSR count). The second-order valence-electron chi connectivity index (χ2n) is 12.1. The van der Waals surface area contributed by atoms with E-state index in [-0.39, 0.29) is 25.0 Å². The molecule has 0 saturated carbocycles. The molecular formula is C32H66O4S. The topological polar surface area (TPSA) is 52.6 Å². The molecule has 0 radical (unpaired) electrons. The monoisotopic (exact) mass is 546 g/mol.